The van der Waals surface area contributed by atoms with Crippen LogP contribution in [0, 0.1) is 5.82 Å². The zero-order valence-electron chi connectivity index (χ0n) is 12.5. The molecule has 8 nitrogen and oxygen atoms in total. The van der Waals surface area contributed by atoms with Gasteiger partial charge in [0.15, 0.2) is 12.0 Å². The molecule has 0 N–H and O–H groups in total. The van der Waals surface area contributed by atoms with Gasteiger partial charge in [0.25, 0.3) is 0 Å². The zero-order chi connectivity index (χ0) is 16.6. The standard InChI is InChI=1S/C14H14FN5O3/c1-9(21)18(2)13-8-19(14(22)23-13)10-3-4-12(11(15)7-10)20-16-5-6-17-20/h3-7,13H,8H2,1-2H3. The van der Waals surface area contributed by atoms with E-state index in [0.717, 1.165) is 4.80 Å². The van der Waals surface area contributed by atoms with Crippen molar-refractivity contribution in [2.45, 2.75) is 13.2 Å². The van der Waals surface area contributed by atoms with Gasteiger partial charge in [0, 0.05) is 20.0 Å². The molecule has 1 saturated heterocycles. The summed E-state index contributed by atoms with van der Waals surface area (Å²) in [4.78, 5) is 27.0. The fourth-order valence-corrected chi connectivity index (χ4v) is 2.23. The number of hydrogen-bond donors (Lipinski definition) is 0. The van der Waals surface area contributed by atoms with Crippen LogP contribution in [-0.4, -0.2) is 51.7 Å². The fraction of sp³-hybridized carbons (Fsp3) is 0.286. The van der Waals surface area contributed by atoms with Crippen molar-refractivity contribution in [2.24, 2.45) is 0 Å². The minimum Gasteiger partial charge on any atom is -0.423 e. The molecule has 1 fully saturated rings. The smallest absolute Gasteiger partial charge is 0.416 e. The molecule has 1 aliphatic heterocycles. The lowest BCUT2D eigenvalue weighted by Gasteiger charge is -2.20. The van der Waals surface area contributed by atoms with Crippen molar-refractivity contribution in [1.29, 1.82) is 0 Å². The lowest BCUT2D eigenvalue weighted by atomic mass is 10.2. The average molecular weight is 319 g/mol. The van der Waals surface area contributed by atoms with E-state index >= 15 is 0 Å². The summed E-state index contributed by atoms with van der Waals surface area (Å²) in [5.74, 6) is -0.800. The molecule has 2 amide bonds. The maximum Gasteiger partial charge on any atom is 0.416 e. The first kappa shape index (κ1) is 14.9. The normalized spacial score (nSPS) is 17.3. The Bertz CT molecular complexity index is 749. The SMILES string of the molecule is CC(=O)N(C)C1CN(c2ccc(-n3nccn3)c(F)c2)C(=O)O1. The highest BCUT2D eigenvalue weighted by molar-refractivity contribution is 5.90. The number of carbonyl (C=O) groups is 2. The van der Waals surface area contributed by atoms with Crippen LogP contribution in [0.1, 0.15) is 6.92 Å². The zero-order valence-corrected chi connectivity index (χ0v) is 12.5. The summed E-state index contributed by atoms with van der Waals surface area (Å²) in [6.45, 7) is 1.51. The molecule has 2 heterocycles. The van der Waals surface area contributed by atoms with Crippen LogP contribution in [0.15, 0.2) is 30.6 Å². The van der Waals surface area contributed by atoms with Gasteiger partial charge in [0.1, 0.15) is 5.69 Å². The molecular formula is C14H14FN5O3. The van der Waals surface area contributed by atoms with Crippen LogP contribution in [0.2, 0.25) is 0 Å². The summed E-state index contributed by atoms with van der Waals surface area (Å²) in [5.41, 5.74) is 0.506. The van der Waals surface area contributed by atoms with Crippen LogP contribution in [0.4, 0.5) is 14.9 Å². The Labute approximate surface area is 131 Å². The predicted octanol–water partition coefficient (Wildman–Crippen LogP) is 1.17. The molecule has 3 rings (SSSR count). The van der Waals surface area contributed by atoms with Gasteiger partial charge in [-0.2, -0.15) is 10.2 Å². The molecule has 120 valence electrons. The monoisotopic (exact) mass is 319 g/mol. The van der Waals surface area contributed by atoms with E-state index in [0.29, 0.717) is 5.69 Å². The van der Waals surface area contributed by atoms with Gasteiger partial charge in [-0.3, -0.25) is 9.69 Å². The van der Waals surface area contributed by atoms with Crippen LogP contribution in [0.3, 0.4) is 0 Å². The number of nitrogens with zero attached hydrogens (tertiary/aromatic N) is 5. The van der Waals surface area contributed by atoms with Crippen LogP contribution < -0.4 is 4.90 Å². The Morgan fingerprint density at radius 2 is 2.09 bits per heavy atom. The highest BCUT2D eigenvalue weighted by Gasteiger charge is 2.36. The molecule has 9 heteroatoms. The molecular weight excluding hydrogens is 305 g/mol. The molecule has 0 radical (unpaired) electrons. The van der Waals surface area contributed by atoms with E-state index in [1.807, 2.05) is 0 Å². The maximum absolute atomic E-state index is 14.2. The van der Waals surface area contributed by atoms with Gasteiger partial charge in [-0.15, -0.1) is 4.80 Å². The third-order valence-electron chi connectivity index (χ3n) is 3.60. The van der Waals surface area contributed by atoms with E-state index in [1.165, 1.54) is 48.3 Å². The third-order valence-corrected chi connectivity index (χ3v) is 3.60. The van der Waals surface area contributed by atoms with Gasteiger partial charge >= 0.3 is 6.09 Å². The summed E-state index contributed by atoms with van der Waals surface area (Å²) >= 11 is 0. The molecule has 23 heavy (non-hydrogen) atoms. The predicted molar refractivity (Wildman–Crippen MR) is 77.4 cm³/mol. The van der Waals surface area contributed by atoms with Crippen molar-refractivity contribution in [3.63, 3.8) is 0 Å². The van der Waals surface area contributed by atoms with Gasteiger partial charge < -0.3 is 9.64 Å². The second-order valence-electron chi connectivity index (χ2n) is 5.03. The van der Waals surface area contributed by atoms with E-state index in [-0.39, 0.29) is 18.1 Å². The van der Waals surface area contributed by atoms with E-state index in [2.05, 4.69) is 10.2 Å². The van der Waals surface area contributed by atoms with Crippen molar-refractivity contribution < 1.29 is 18.7 Å². The molecule has 2 aromatic rings. The number of ether oxygens (including phenoxy) is 1. The Morgan fingerprint density at radius 1 is 1.39 bits per heavy atom. The molecule has 1 aliphatic rings. The fourth-order valence-electron chi connectivity index (χ4n) is 2.23. The van der Waals surface area contributed by atoms with Crippen molar-refractivity contribution in [3.05, 3.63) is 36.4 Å². The second kappa shape index (κ2) is 5.67. The minimum absolute atomic E-state index is 0.133. The third kappa shape index (κ3) is 2.72. The first-order valence-electron chi connectivity index (χ1n) is 6.85. The van der Waals surface area contributed by atoms with Gasteiger partial charge in [-0.25, -0.2) is 9.18 Å². The van der Waals surface area contributed by atoms with E-state index in [9.17, 15) is 14.0 Å². The number of aromatic nitrogens is 3. The number of anilines is 1. The summed E-state index contributed by atoms with van der Waals surface area (Å²) in [6.07, 6.45) is 1.55. The number of halogens is 1. The largest absolute Gasteiger partial charge is 0.423 e. The van der Waals surface area contributed by atoms with E-state index < -0.39 is 18.1 Å². The highest BCUT2D eigenvalue weighted by Crippen LogP contribution is 2.25. The maximum atomic E-state index is 14.2. The number of carbonyl (C=O) groups excluding carboxylic acids is 2. The van der Waals surface area contributed by atoms with Gasteiger partial charge in [-0.1, -0.05) is 0 Å². The Morgan fingerprint density at radius 3 is 2.70 bits per heavy atom. The second-order valence-corrected chi connectivity index (χ2v) is 5.03. The number of cyclic esters (lactones) is 1. The summed E-state index contributed by atoms with van der Waals surface area (Å²) in [5, 5.41) is 7.72. The Kier molecular flexibility index (Phi) is 3.68. The number of amides is 2. The highest BCUT2D eigenvalue weighted by atomic mass is 19.1. The Balaban J connectivity index is 1.84. The number of likely N-dealkylation sites (N-methyl/N-ethyl adjacent to an activating group) is 1. The average Bonchev–Trinajstić information content (AvgIpc) is 3.15. The van der Waals surface area contributed by atoms with Crippen molar-refractivity contribution in [3.8, 4) is 5.69 Å². The molecule has 0 spiro atoms. The molecule has 0 bridgehead atoms. The number of benzene rings is 1. The van der Waals surface area contributed by atoms with Gasteiger partial charge in [-0.05, 0) is 12.1 Å². The molecule has 1 aromatic carbocycles. The quantitative estimate of drug-likeness (QED) is 0.848. The van der Waals surface area contributed by atoms with Crippen molar-refractivity contribution in [1.82, 2.24) is 19.9 Å². The van der Waals surface area contributed by atoms with Crippen LogP contribution >= 0.6 is 0 Å². The summed E-state index contributed by atoms with van der Waals surface area (Å²) < 4.78 is 19.4. The van der Waals surface area contributed by atoms with E-state index in [1.54, 1.807) is 6.07 Å². The lowest BCUT2D eigenvalue weighted by Crippen LogP contribution is -2.38. The van der Waals surface area contributed by atoms with Crippen LogP contribution in [-0.2, 0) is 9.53 Å². The lowest BCUT2D eigenvalue weighted by molar-refractivity contribution is -0.134. The molecule has 1 aromatic heterocycles. The summed E-state index contributed by atoms with van der Waals surface area (Å²) in [7, 11) is 1.54. The first-order valence-corrected chi connectivity index (χ1v) is 6.85. The van der Waals surface area contributed by atoms with Crippen molar-refractivity contribution >= 4 is 17.7 Å². The van der Waals surface area contributed by atoms with Crippen LogP contribution in [0.25, 0.3) is 5.69 Å². The topological polar surface area (TPSA) is 80.6 Å². The van der Waals surface area contributed by atoms with Crippen LogP contribution in [0.5, 0.6) is 0 Å². The Hall–Kier alpha value is -2.97. The molecule has 0 aliphatic carbocycles. The molecule has 1 atom stereocenters. The van der Waals surface area contributed by atoms with Gasteiger partial charge in [0.2, 0.25) is 5.91 Å². The molecule has 0 saturated carbocycles. The minimum atomic E-state index is -0.699. The molecule has 1 unspecified atom stereocenters. The van der Waals surface area contributed by atoms with E-state index in [4.69, 9.17) is 4.74 Å². The van der Waals surface area contributed by atoms with Crippen molar-refractivity contribution in [2.75, 3.05) is 18.5 Å². The number of rotatable bonds is 3. The van der Waals surface area contributed by atoms with Gasteiger partial charge in [0.05, 0.1) is 24.6 Å². The number of hydrogen-bond acceptors (Lipinski definition) is 5. The summed E-state index contributed by atoms with van der Waals surface area (Å²) in [6, 6.07) is 4.25. The first-order chi connectivity index (χ1) is 11.0.